The molecule has 30 heavy (non-hydrogen) atoms. The number of nitrogens with zero attached hydrogens (tertiary/aromatic N) is 1. The van der Waals surface area contributed by atoms with Crippen LogP contribution in [0.1, 0.15) is 36.0 Å². The van der Waals surface area contributed by atoms with Crippen molar-refractivity contribution in [3.05, 3.63) is 60.7 Å². The first-order chi connectivity index (χ1) is 14.5. The lowest BCUT2D eigenvalue weighted by Gasteiger charge is -2.38. The molecule has 2 aromatic rings. The molecule has 2 heterocycles. The standard InChI is InChI=1S/C24H26N2O4/c1-3-23(27)26-17-8-9-18(26)14-20(13-17)30-19-11-15(10-16(12-19)24(25)28)21-6-4-5-7-22(21)29-2/h3-7,10-12,17-18,20H,1,8-9,13-14H2,2H3,(H2,25,28)/t17-,18+,20+. The molecule has 0 radical (unpaired) electrons. The number of fused-ring (bicyclic) bond motifs is 2. The van der Waals surface area contributed by atoms with E-state index in [2.05, 4.69) is 6.58 Å². The molecule has 6 heteroatoms. The van der Waals surface area contributed by atoms with Crippen LogP contribution in [0.15, 0.2) is 55.1 Å². The molecular weight excluding hydrogens is 380 g/mol. The van der Waals surface area contributed by atoms with Crippen molar-refractivity contribution in [1.29, 1.82) is 0 Å². The van der Waals surface area contributed by atoms with Crippen molar-refractivity contribution in [1.82, 2.24) is 4.90 Å². The van der Waals surface area contributed by atoms with Crippen molar-refractivity contribution in [2.45, 2.75) is 43.9 Å². The fourth-order valence-corrected chi connectivity index (χ4v) is 4.73. The summed E-state index contributed by atoms with van der Waals surface area (Å²) in [6.45, 7) is 3.62. The van der Waals surface area contributed by atoms with Gasteiger partial charge in [0.1, 0.15) is 17.6 Å². The molecule has 4 rings (SSSR count). The molecule has 2 N–H and O–H groups in total. The number of carbonyl (C=O) groups excluding carboxylic acids is 2. The van der Waals surface area contributed by atoms with Gasteiger partial charge >= 0.3 is 0 Å². The van der Waals surface area contributed by atoms with E-state index in [9.17, 15) is 9.59 Å². The number of methoxy groups -OCH3 is 1. The zero-order valence-corrected chi connectivity index (χ0v) is 17.0. The summed E-state index contributed by atoms with van der Waals surface area (Å²) in [6.07, 6.45) is 4.87. The monoisotopic (exact) mass is 406 g/mol. The highest BCUT2D eigenvalue weighted by Crippen LogP contribution is 2.39. The summed E-state index contributed by atoms with van der Waals surface area (Å²) in [5.41, 5.74) is 7.63. The Morgan fingerprint density at radius 2 is 1.83 bits per heavy atom. The van der Waals surface area contributed by atoms with Crippen LogP contribution in [-0.4, -0.2) is 42.0 Å². The second kappa shape index (κ2) is 8.22. The number of rotatable bonds is 6. The highest BCUT2D eigenvalue weighted by molar-refractivity contribution is 5.95. The van der Waals surface area contributed by atoms with Gasteiger partial charge in [0.15, 0.2) is 0 Å². The Kier molecular flexibility index (Phi) is 5.48. The Morgan fingerprint density at radius 3 is 2.47 bits per heavy atom. The van der Waals surface area contributed by atoms with Gasteiger partial charge in [-0.05, 0) is 48.7 Å². The maximum absolute atomic E-state index is 12.2. The Bertz CT molecular complexity index is 973. The molecule has 2 saturated heterocycles. The van der Waals surface area contributed by atoms with Crippen molar-refractivity contribution in [3.8, 4) is 22.6 Å². The van der Waals surface area contributed by atoms with Gasteiger partial charge in [-0.2, -0.15) is 0 Å². The topological polar surface area (TPSA) is 81.9 Å². The fourth-order valence-electron chi connectivity index (χ4n) is 4.73. The molecule has 0 spiro atoms. The maximum atomic E-state index is 12.2. The van der Waals surface area contributed by atoms with Crippen LogP contribution >= 0.6 is 0 Å². The van der Waals surface area contributed by atoms with Crippen molar-refractivity contribution in [2.75, 3.05) is 7.11 Å². The van der Waals surface area contributed by atoms with Crippen molar-refractivity contribution in [3.63, 3.8) is 0 Å². The van der Waals surface area contributed by atoms with Crippen LogP contribution < -0.4 is 15.2 Å². The first-order valence-corrected chi connectivity index (χ1v) is 10.2. The summed E-state index contributed by atoms with van der Waals surface area (Å²) in [7, 11) is 1.61. The first-order valence-electron chi connectivity index (χ1n) is 10.2. The van der Waals surface area contributed by atoms with E-state index in [-0.39, 0.29) is 24.1 Å². The number of para-hydroxylation sites is 1. The summed E-state index contributed by atoms with van der Waals surface area (Å²) >= 11 is 0. The highest BCUT2D eigenvalue weighted by Gasteiger charge is 2.43. The van der Waals surface area contributed by atoms with Gasteiger partial charge in [-0.15, -0.1) is 0 Å². The number of piperidine rings is 1. The highest BCUT2D eigenvalue weighted by atomic mass is 16.5. The quantitative estimate of drug-likeness (QED) is 0.744. The Morgan fingerprint density at radius 1 is 1.13 bits per heavy atom. The van der Waals surface area contributed by atoms with Crippen LogP contribution in [0, 0.1) is 0 Å². The van der Waals surface area contributed by atoms with Crippen molar-refractivity contribution >= 4 is 11.8 Å². The molecule has 2 fully saturated rings. The normalized spacial score (nSPS) is 22.4. The van der Waals surface area contributed by atoms with Gasteiger partial charge in [0.2, 0.25) is 11.8 Å². The predicted molar refractivity (Wildman–Crippen MR) is 114 cm³/mol. The van der Waals surface area contributed by atoms with E-state index in [1.165, 1.54) is 6.08 Å². The Balaban J connectivity index is 1.61. The maximum Gasteiger partial charge on any atom is 0.248 e. The van der Waals surface area contributed by atoms with E-state index in [0.29, 0.717) is 17.1 Å². The van der Waals surface area contributed by atoms with E-state index < -0.39 is 5.91 Å². The lowest BCUT2D eigenvalue weighted by molar-refractivity contribution is -0.131. The second-order valence-corrected chi connectivity index (χ2v) is 7.86. The average Bonchev–Trinajstić information content (AvgIpc) is 3.03. The molecule has 2 aliphatic heterocycles. The molecule has 2 aromatic carbocycles. The van der Waals surface area contributed by atoms with E-state index in [4.69, 9.17) is 15.2 Å². The second-order valence-electron chi connectivity index (χ2n) is 7.86. The van der Waals surface area contributed by atoms with E-state index >= 15 is 0 Å². The minimum Gasteiger partial charge on any atom is -0.496 e. The third-order valence-corrected chi connectivity index (χ3v) is 6.03. The van der Waals surface area contributed by atoms with E-state index in [1.807, 2.05) is 35.2 Å². The first kappa shape index (κ1) is 20.0. The summed E-state index contributed by atoms with van der Waals surface area (Å²) < 4.78 is 11.8. The van der Waals surface area contributed by atoms with Crippen LogP contribution in [0.5, 0.6) is 11.5 Å². The van der Waals surface area contributed by atoms with Gasteiger partial charge in [0.25, 0.3) is 0 Å². The Labute approximate surface area is 176 Å². The smallest absolute Gasteiger partial charge is 0.248 e. The molecule has 6 nitrogen and oxygen atoms in total. The molecule has 0 aromatic heterocycles. The van der Waals surface area contributed by atoms with Gasteiger partial charge in [-0.1, -0.05) is 24.8 Å². The average molecular weight is 406 g/mol. The van der Waals surface area contributed by atoms with Crippen LogP contribution in [-0.2, 0) is 4.79 Å². The zero-order valence-electron chi connectivity index (χ0n) is 17.0. The number of nitrogens with two attached hydrogens (primary N) is 1. The lowest BCUT2D eigenvalue weighted by Crippen LogP contribution is -2.48. The number of carbonyl (C=O) groups is 2. The van der Waals surface area contributed by atoms with Gasteiger partial charge in [-0.25, -0.2) is 0 Å². The summed E-state index contributed by atoms with van der Waals surface area (Å²) in [5, 5.41) is 0. The Hall–Kier alpha value is -3.28. The van der Waals surface area contributed by atoms with Crippen molar-refractivity contribution < 1.29 is 19.1 Å². The SMILES string of the molecule is C=CC(=O)N1[C@@H]2CC[C@H]1C[C@@H](Oc1cc(C(N)=O)cc(-c3ccccc3OC)c1)C2. The minimum absolute atomic E-state index is 0.00450. The number of hydrogen-bond donors (Lipinski definition) is 1. The molecule has 2 bridgehead atoms. The molecule has 0 unspecified atom stereocenters. The lowest BCUT2D eigenvalue weighted by atomic mass is 9.98. The number of amides is 2. The van der Waals surface area contributed by atoms with Crippen LogP contribution in [0.25, 0.3) is 11.1 Å². The van der Waals surface area contributed by atoms with E-state index in [0.717, 1.165) is 36.8 Å². The predicted octanol–water partition coefficient (Wildman–Crippen LogP) is 3.55. The fraction of sp³-hybridized carbons (Fsp3) is 0.333. The van der Waals surface area contributed by atoms with Gasteiger partial charge in [-0.3, -0.25) is 9.59 Å². The van der Waals surface area contributed by atoms with Crippen LogP contribution in [0.4, 0.5) is 0 Å². The van der Waals surface area contributed by atoms with Crippen molar-refractivity contribution in [2.24, 2.45) is 5.73 Å². The summed E-state index contributed by atoms with van der Waals surface area (Å²) in [5.74, 6) is 0.790. The summed E-state index contributed by atoms with van der Waals surface area (Å²) in [4.78, 5) is 26.1. The molecule has 2 aliphatic rings. The molecule has 0 saturated carbocycles. The molecule has 3 atom stereocenters. The largest absolute Gasteiger partial charge is 0.496 e. The van der Waals surface area contributed by atoms with Crippen LogP contribution in [0.3, 0.4) is 0 Å². The number of primary amides is 1. The summed E-state index contributed by atoms with van der Waals surface area (Å²) in [6, 6.07) is 13.3. The van der Waals surface area contributed by atoms with E-state index in [1.54, 1.807) is 19.2 Å². The zero-order chi connectivity index (χ0) is 21.3. The third-order valence-electron chi connectivity index (χ3n) is 6.03. The molecular formula is C24H26N2O4. The van der Waals surface area contributed by atoms with Crippen LogP contribution in [0.2, 0.25) is 0 Å². The van der Waals surface area contributed by atoms with Gasteiger partial charge in [0, 0.05) is 36.1 Å². The van der Waals surface area contributed by atoms with Gasteiger partial charge < -0.3 is 20.1 Å². The molecule has 0 aliphatic carbocycles. The number of hydrogen-bond acceptors (Lipinski definition) is 4. The molecule has 156 valence electrons. The third kappa shape index (κ3) is 3.77. The molecule has 2 amide bonds. The minimum atomic E-state index is -0.511. The van der Waals surface area contributed by atoms with Gasteiger partial charge in [0.05, 0.1) is 7.11 Å². The number of ether oxygens (including phenoxy) is 2. The number of benzene rings is 2.